The normalized spacial score (nSPS) is 14.2. The first kappa shape index (κ1) is 14.6. The third-order valence-electron chi connectivity index (χ3n) is 3.28. The Balaban J connectivity index is 1.91. The molecule has 0 aliphatic heterocycles. The van der Waals surface area contributed by atoms with Gasteiger partial charge in [0.15, 0.2) is 0 Å². The Morgan fingerprint density at radius 3 is 2.90 bits per heavy atom. The Kier molecular flexibility index (Phi) is 4.76. The van der Waals surface area contributed by atoms with Gasteiger partial charge in [-0.25, -0.2) is 0 Å². The summed E-state index contributed by atoms with van der Waals surface area (Å²) in [5, 5.41) is 7.20. The van der Waals surface area contributed by atoms with Crippen LogP contribution in [0.15, 0.2) is 30.5 Å². The van der Waals surface area contributed by atoms with Crippen molar-refractivity contribution in [3.05, 3.63) is 36.0 Å². The van der Waals surface area contributed by atoms with Crippen LogP contribution in [-0.2, 0) is 11.3 Å². The summed E-state index contributed by atoms with van der Waals surface area (Å²) >= 11 is 0. The quantitative estimate of drug-likeness (QED) is 0.637. The van der Waals surface area contributed by atoms with Crippen LogP contribution in [-0.4, -0.2) is 29.5 Å². The van der Waals surface area contributed by atoms with Crippen LogP contribution in [0, 0.1) is 0 Å². The van der Waals surface area contributed by atoms with E-state index in [1.165, 1.54) is 0 Å². The summed E-state index contributed by atoms with van der Waals surface area (Å²) in [5.41, 5.74) is 7.85. The highest BCUT2D eigenvalue weighted by Crippen LogP contribution is 2.16. The maximum absolute atomic E-state index is 12.0. The van der Waals surface area contributed by atoms with Gasteiger partial charge in [-0.1, -0.05) is 12.1 Å². The number of carbonyl (C=O) groups excluding carboxylic acids is 1. The minimum Gasteiger partial charge on any atom is -0.361 e. The molecule has 1 heterocycles. The standard InChI is InChI=1S/C15H22N4O/c1-10(16)8-18-11(2)15(20)19-9-12-4-3-5-14-13(12)6-7-17-14/h3-7,10-11,17-18H,8-9,16H2,1-2H3,(H,19,20)/t10-,11-/m0/s1. The zero-order valence-electron chi connectivity index (χ0n) is 11.9. The Morgan fingerprint density at radius 1 is 1.35 bits per heavy atom. The predicted octanol–water partition coefficient (Wildman–Crippen LogP) is 1.11. The largest absolute Gasteiger partial charge is 0.361 e. The number of carbonyl (C=O) groups is 1. The number of aromatic amines is 1. The topological polar surface area (TPSA) is 82.9 Å². The molecule has 5 nitrogen and oxygen atoms in total. The summed E-state index contributed by atoms with van der Waals surface area (Å²) in [5.74, 6) is -0.0156. The summed E-state index contributed by atoms with van der Waals surface area (Å²) in [6, 6.07) is 7.85. The van der Waals surface area contributed by atoms with E-state index in [4.69, 9.17) is 5.73 Å². The molecular weight excluding hydrogens is 252 g/mol. The lowest BCUT2D eigenvalue weighted by atomic mass is 10.1. The lowest BCUT2D eigenvalue weighted by Crippen LogP contribution is -2.45. The van der Waals surface area contributed by atoms with Crippen LogP contribution in [0.1, 0.15) is 19.4 Å². The lowest BCUT2D eigenvalue weighted by Gasteiger charge is -2.15. The van der Waals surface area contributed by atoms with E-state index in [0.717, 1.165) is 16.5 Å². The highest BCUT2D eigenvalue weighted by molar-refractivity contribution is 5.84. The zero-order valence-corrected chi connectivity index (χ0v) is 11.9. The maximum Gasteiger partial charge on any atom is 0.237 e. The average molecular weight is 274 g/mol. The molecule has 2 atom stereocenters. The number of hydrogen-bond donors (Lipinski definition) is 4. The minimum atomic E-state index is -0.244. The first-order valence-corrected chi connectivity index (χ1v) is 6.89. The number of H-pyrrole nitrogens is 1. The van der Waals surface area contributed by atoms with Crippen LogP contribution in [0.4, 0.5) is 0 Å². The van der Waals surface area contributed by atoms with Crippen molar-refractivity contribution in [1.29, 1.82) is 0 Å². The highest BCUT2D eigenvalue weighted by Gasteiger charge is 2.12. The number of nitrogens with one attached hydrogen (secondary N) is 3. The summed E-state index contributed by atoms with van der Waals surface area (Å²) in [4.78, 5) is 15.1. The second-order valence-corrected chi connectivity index (χ2v) is 5.18. The van der Waals surface area contributed by atoms with Crippen molar-refractivity contribution in [2.75, 3.05) is 6.54 Å². The van der Waals surface area contributed by atoms with Crippen molar-refractivity contribution in [3.8, 4) is 0 Å². The summed E-state index contributed by atoms with van der Waals surface area (Å²) in [6.45, 7) is 4.90. The molecule has 0 radical (unpaired) electrons. The maximum atomic E-state index is 12.0. The Hall–Kier alpha value is -1.85. The van der Waals surface area contributed by atoms with Crippen LogP contribution < -0.4 is 16.4 Å². The molecule has 0 spiro atoms. The number of amides is 1. The molecule has 1 aromatic carbocycles. The van der Waals surface area contributed by atoms with Gasteiger partial charge in [-0.2, -0.15) is 0 Å². The van der Waals surface area contributed by atoms with Crippen molar-refractivity contribution in [1.82, 2.24) is 15.6 Å². The van der Waals surface area contributed by atoms with E-state index < -0.39 is 0 Å². The Labute approximate surface area is 118 Å². The molecule has 5 N–H and O–H groups in total. The summed E-state index contributed by atoms with van der Waals surface area (Å²) in [6.07, 6.45) is 1.91. The van der Waals surface area contributed by atoms with E-state index in [2.05, 4.69) is 15.6 Å². The van der Waals surface area contributed by atoms with Crippen LogP contribution >= 0.6 is 0 Å². The van der Waals surface area contributed by atoms with E-state index >= 15 is 0 Å². The van der Waals surface area contributed by atoms with E-state index in [9.17, 15) is 4.79 Å². The van der Waals surface area contributed by atoms with E-state index in [1.807, 2.05) is 44.3 Å². The molecule has 2 aromatic rings. The van der Waals surface area contributed by atoms with Crippen LogP contribution in [0.25, 0.3) is 10.9 Å². The lowest BCUT2D eigenvalue weighted by molar-refractivity contribution is -0.122. The van der Waals surface area contributed by atoms with Gasteiger partial charge in [-0.05, 0) is 31.5 Å². The van der Waals surface area contributed by atoms with Gasteiger partial charge < -0.3 is 21.4 Å². The van der Waals surface area contributed by atoms with Crippen molar-refractivity contribution in [3.63, 3.8) is 0 Å². The molecule has 0 saturated heterocycles. The number of benzene rings is 1. The van der Waals surface area contributed by atoms with Gasteiger partial charge in [-0.15, -0.1) is 0 Å². The van der Waals surface area contributed by atoms with Gasteiger partial charge in [0.05, 0.1) is 6.04 Å². The molecule has 1 aromatic heterocycles. The first-order valence-electron chi connectivity index (χ1n) is 6.89. The summed E-state index contributed by atoms with van der Waals surface area (Å²) < 4.78 is 0. The zero-order chi connectivity index (χ0) is 14.5. The molecule has 5 heteroatoms. The minimum absolute atomic E-state index is 0.0156. The molecule has 2 rings (SSSR count). The number of fused-ring (bicyclic) bond motifs is 1. The first-order chi connectivity index (χ1) is 9.58. The SMILES string of the molecule is C[C@H](N)CN[C@@H](C)C(=O)NCc1cccc2[nH]ccc12. The fraction of sp³-hybridized carbons (Fsp3) is 0.400. The van der Waals surface area contributed by atoms with E-state index in [1.54, 1.807) is 0 Å². The van der Waals surface area contributed by atoms with Gasteiger partial charge in [0, 0.05) is 36.2 Å². The molecule has 0 aliphatic rings. The molecule has 20 heavy (non-hydrogen) atoms. The van der Waals surface area contributed by atoms with E-state index in [-0.39, 0.29) is 18.0 Å². The van der Waals surface area contributed by atoms with Crippen LogP contribution in [0.2, 0.25) is 0 Å². The second-order valence-electron chi connectivity index (χ2n) is 5.18. The third kappa shape index (κ3) is 3.59. The number of rotatable bonds is 6. The molecule has 108 valence electrons. The predicted molar refractivity (Wildman–Crippen MR) is 81.3 cm³/mol. The van der Waals surface area contributed by atoms with Crippen molar-refractivity contribution in [2.45, 2.75) is 32.5 Å². The smallest absolute Gasteiger partial charge is 0.237 e. The van der Waals surface area contributed by atoms with Crippen molar-refractivity contribution >= 4 is 16.8 Å². The highest BCUT2D eigenvalue weighted by atomic mass is 16.2. The van der Waals surface area contributed by atoms with Gasteiger partial charge in [-0.3, -0.25) is 4.79 Å². The molecular formula is C15H22N4O. The molecule has 0 bridgehead atoms. The van der Waals surface area contributed by atoms with Crippen LogP contribution in [0.3, 0.4) is 0 Å². The Bertz CT molecular complexity index is 576. The molecule has 1 amide bonds. The fourth-order valence-corrected chi connectivity index (χ4v) is 2.10. The van der Waals surface area contributed by atoms with Gasteiger partial charge in [0.1, 0.15) is 0 Å². The number of hydrogen-bond acceptors (Lipinski definition) is 3. The van der Waals surface area contributed by atoms with Crippen molar-refractivity contribution < 1.29 is 4.79 Å². The van der Waals surface area contributed by atoms with E-state index in [0.29, 0.717) is 13.1 Å². The average Bonchev–Trinajstić information content (AvgIpc) is 2.90. The molecule has 0 saturated carbocycles. The number of nitrogens with two attached hydrogens (primary N) is 1. The third-order valence-corrected chi connectivity index (χ3v) is 3.28. The number of aromatic nitrogens is 1. The van der Waals surface area contributed by atoms with Gasteiger partial charge in [0.25, 0.3) is 0 Å². The summed E-state index contributed by atoms with van der Waals surface area (Å²) in [7, 11) is 0. The fourth-order valence-electron chi connectivity index (χ4n) is 2.10. The van der Waals surface area contributed by atoms with Crippen LogP contribution in [0.5, 0.6) is 0 Å². The molecule has 0 aliphatic carbocycles. The second kappa shape index (κ2) is 6.54. The van der Waals surface area contributed by atoms with Gasteiger partial charge >= 0.3 is 0 Å². The monoisotopic (exact) mass is 274 g/mol. The molecule has 0 unspecified atom stereocenters. The van der Waals surface area contributed by atoms with Gasteiger partial charge in [0.2, 0.25) is 5.91 Å². The molecule has 0 fully saturated rings. The Morgan fingerprint density at radius 2 is 2.15 bits per heavy atom. The van der Waals surface area contributed by atoms with Crippen molar-refractivity contribution in [2.24, 2.45) is 5.73 Å².